The Kier molecular flexibility index (Phi) is 7.68. The molecule has 13 heteroatoms. The lowest BCUT2D eigenvalue weighted by Gasteiger charge is -2.10. The Balaban J connectivity index is 1.52. The highest BCUT2D eigenvalue weighted by molar-refractivity contribution is 9.10. The predicted octanol–water partition coefficient (Wildman–Crippen LogP) is 6.71. The number of fused-ring (bicyclic) bond motifs is 1. The van der Waals surface area contributed by atoms with Crippen LogP contribution in [-0.2, 0) is 13.2 Å². The minimum atomic E-state index is -2.86. The van der Waals surface area contributed by atoms with Crippen LogP contribution in [0, 0.1) is 6.92 Å². The molecule has 3 N–H and O–H groups in total. The summed E-state index contributed by atoms with van der Waals surface area (Å²) in [4.78, 5) is 29.8. The molecule has 4 heterocycles. The van der Waals surface area contributed by atoms with Gasteiger partial charge in [-0.05, 0) is 61.9 Å². The maximum atomic E-state index is 13.8. The summed E-state index contributed by atoms with van der Waals surface area (Å²) in [5, 5.41) is 7.42. The number of primary amides is 1. The minimum Gasteiger partial charge on any atom is -0.486 e. The van der Waals surface area contributed by atoms with Gasteiger partial charge in [0.1, 0.15) is 33.5 Å². The van der Waals surface area contributed by atoms with Crippen LogP contribution in [0.4, 0.5) is 14.5 Å². The molecule has 0 fully saturated rings. The third-order valence-corrected chi connectivity index (χ3v) is 7.64. The Morgan fingerprint density at radius 1 is 1.20 bits per heavy atom. The highest BCUT2D eigenvalue weighted by atomic mass is 79.9. The number of anilines is 1. The van der Waals surface area contributed by atoms with Gasteiger partial charge in [0, 0.05) is 28.2 Å². The summed E-state index contributed by atoms with van der Waals surface area (Å²) in [6, 6.07) is 11.5. The molecule has 206 valence electrons. The summed E-state index contributed by atoms with van der Waals surface area (Å²) >= 11 is 4.19. The van der Waals surface area contributed by atoms with Crippen molar-refractivity contribution in [2.75, 3.05) is 5.32 Å². The molecule has 0 aliphatic rings. The number of nitrogens with zero attached hydrogens (tertiary/aromatic N) is 3. The van der Waals surface area contributed by atoms with Crippen molar-refractivity contribution in [3.63, 3.8) is 0 Å². The van der Waals surface area contributed by atoms with Crippen LogP contribution in [0.5, 0.6) is 5.75 Å². The summed E-state index contributed by atoms with van der Waals surface area (Å²) in [5.74, 6) is -0.539. The number of aromatic nitrogens is 3. The van der Waals surface area contributed by atoms with E-state index in [4.69, 9.17) is 14.9 Å². The molecule has 0 aliphatic heterocycles. The number of nitrogens with one attached hydrogen (secondary N) is 1. The first-order valence-corrected chi connectivity index (χ1v) is 13.6. The van der Waals surface area contributed by atoms with Crippen LogP contribution in [-0.4, -0.2) is 26.6 Å². The number of amides is 2. The number of rotatable bonds is 9. The first-order valence-electron chi connectivity index (χ1n) is 12.0. The number of carbonyl (C=O) groups excluding carboxylic acids is 2. The molecule has 1 aromatic carbocycles. The first-order chi connectivity index (χ1) is 19.1. The molecule has 0 spiro atoms. The monoisotopic (exact) mass is 629 g/mol. The number of carbonyl (C=O) groups is 2. The second kappa shape index (κ2) is 11.2. The van der Waals surface area contributed by atoms with Gasteiger partial charge in [0.05, 0.1) is 11.4 Å². The van der Waals surface area contributed by atoms with Gasteiger partial charge in [0.25, 0.3) is 18.2 Å². The summed E-state index contributed by atoms with van der Waals surface area (Å²) in [5.41, 5.74) is 6.71. The van der Waals surface area contributed by atoms with Crippen molar-refractivity contribution < 1.29 is 27.5 Å². The molecule has 0 saturated carbocycles. The Bertz CT molecular complexity index is 1730. The van der Waals surface area contributed by atoms with Crippen LogP contribution in [0.2, 0.25) is 0 Å². The van der Waals surface area contributed by atoms with Gasteiger partial charge in [0.2, 0.25) is 0 Å². The fraction of sp³-hybridized carbons (Fsp3) is 0.185. The zero-order valence-corrected chi connectivity index (χ0v) is 23.6. The Hall–Kier alpha value is -4.10. The van der Waals surface area contributed by atoms with Gasteiger partial charge >= 0.3 is 0 Å². The largest absolute Gasteiger partial charge is 0.486 e. The number of pyridine rings is 1. The topological polar surface area (TPSA) is 125 Å². The molecule has 5 aromatic rings. The molecule has 5 rings (SSSR count). The van der Waals surface area contributed by atoms with Gasteiger partial charge < -0.3 is 20.2 Å². The summed E-state index contributed by atoms with van der Waals surface area (Å²) in [6.45, 7) is 4.28. The number of benzene rings is 1. The van der Waals surface area contributed by atoms with E-state index in [1.54, 1.807) is 36.0 Å². The molecule has 2 amide bonds. The lowest BCUT2D eigenvalue weighted by atomic mass is 10.0. The van der Waals surface area contributed by atoms with E-state index in [1.165, 1.54) is 12.1 Å². The SMILES string of the molecule is CCn1cc(-c2cc(C(F)F)nc3sc(C(N)=O)c(NC(=O)c4ccc(COc5ccc(Br)cc5)o4)c23)c(C)n1. The molecular weight excluding hydrogens is 608 g/mol. The lowest BCUT2D eigenvalue weighted by molar-refractivity contribution is 0.0992. The van der Waals surface area contributed by atoms with Crippen LogP contribution in [0.25, 0.3) is 21.3 Å². The van der Waals surface area contributed by atoms with Gasteiger partial charge in [-0.2, -0.15) is 5.10 Å². The van der Waals surface area contributed by atoms with E-state index in [0.717, 1.165) is 15.8 Å². The predicted molar refractivity (Wildman–Crippen MR) is 150 cm³/mol. The van der Waals surface area contributed by atoms with E-state index in [-0.39, 0.29) is 27.8 Å². The average Bonchev–Trinajstić information content (AvgIpc) is 3.65. The third kappa shape index (κ3) is 5.47. The summed E-state index contributed by atoms with van der Waals surface area (Å²) < 4.78 is 41.5. The molecule has 4 aromatic heterocycles. The van der Waals surface area contributed by atoms with Crippen molar-refractivity contribution in [2.45, 2.75) is 33.4 Å². The zero-order valence-electron chi connectivity index (χ0n) is 21.2. The van der Waals surface area contributed by atoms with Gasteiger partial charge in [-0.3, -0.25) is 14.3 Å². The van der Waals surface area contributed by atoms with Crippen molar-refractivity contribution in [2.24, 2.45) is 5.73 Å². The maximum Gasteiger partial charge on any atom is 0.291 e. The van der Waals surface area contributed by atoms with Gasteiger partial charge in [-0.1, -0.05) is 15.9 Å². The van der Waals surface area contributed by atoms with Gasteiger partial charge in [0.15, 0.2) is 5.76 Å². The van der Waals surface area contributed by atoms with E-state index in [2.05, 4.69) is 31.3 Å². The molecular formula is C27H22BrF2N5O4S. The number of hydrogen-bond donors (Lipinski definition) is 2. The number of alkyl halides is 2. The molecule has 9 nitrogen and oxygen atoms in total. The fourth-order valence-electron chi connectivity index (χ4n) is 4.12. The molecule has 0 saturated heterocycles. The number of aryl methyl sites for hydroxylation is 2. The van der Waals surface area contributed by atoms with Crippen LogP contribution in [0.3, 0.4) is 0 Å². The van der Waals surface area contributed by atoms with E-state index in [0.29, 0.717) is 40.3 Å². The highest BCUT2D eigenvalue weighted by Crippen LogP contribution is 2.43. The number of thiophene rings is 1. The fourth-order valence-corrected chi connectivity index (χ4v) is 5.40. The normalized spacial score (nSPS) is 11.3. The Morgan fingerprint density at radius 3 is 2.60 bits per heavy atom. The average molecular weight is 630 g/mol. The third-order valence-electron chi connectivity index (χ3n) is 6.01. The van der Waals surface area contributed by atoms with Crippen molar-refractivity contribution in [1.82, 2.24) is 14.8 Å². The number of ether oxygens (including phenoxy) is 1. The van der Waals surface area contributed by atoms with E-state index in [1.807, 2.05) is 19.1 Å². The number of hydrogen-bond acceptors (Lipinski definition) is 7. The molecule has 0 radical (unpaired) electrons. The molecule has 0 unspecified atom stereocenters. The maximum absolute atomic E-state index is 13.8. The van der Waals surface area contributed by atoms with Crippen molar-refractivity contribution in [3.05, 3.63) is 80.9 Å². The zero-order chi connectivity index (χ0) is 28.6. The van der Waals surface area contributed by atoms with Crippen LogP contribution < -0.4 is 15.8 Å². The Labute approximate surface area is 239 Å². The number of halogens is 3. The van der Waals surface area contributed by atoms with Gasteiger partial charge in [-0.25, -0.2) is 13.8 Å². The van der Waals surface area contributed by atoms with Crippen LogP contribution in [0.1, 0.15) is 50.7 Å². The molecule has 0 bridgehead atoms. The molecule has 0 aliphatic carbocycles. The minimum absolute atomic E-state index is 0.0330. The Morgan fingerprint density at radius 2 is 1.95 bits per heavy atom. The van der Waals surface area contributed by atoms with E-state index < -0.39 is 23.9 Å². The van der Waals surface area contributed by atoms with Crippen molar-refractivity contribution in [3.8, 4) is 16.9 Å². The van der Waals surface area contributed by atoms with Gasteiger partial charge in [-0.15, -0.1) is 11.3 Å². The second-order valence-electron chi connectivity index (χ2n) is 8.69. The smallest absolute Gasteiger partial charge is 0.291 e. The summed E-state index contributed by atoms with van der Waals surface area (Å²) in [6.07, 6.45) is -1.14. The van der Waals surface area contributed by atoms with Crippen LogP contribution >= 0.6 is 27.3 Å². The first kappa shape index (κ1) is 27.5. The lowest BCUT2D eigenvalue weighted by Crippen LogP contribution is -2.16. The number of nitrogens with two attached hydrogens (primary N) is 1. The quantitative estimate of drug-likeness (QED) is 0.187. The van der Waals surface area contributed by atoms with Crippen molar-refractivity contribution >= 4 is 55.0 Å². The second-order valence-corrected chi connectivity index (χ2v) is 10.6. The van der Waals surface area contributed by atoms with E-state index >= 15 is 0 Å². The standard InChI is InChI=1S/C27H22BrF2N5O4S/c1-3-35-11-18(13(2)34-35)17-10-19(24(29)30)32-27-21(17)22(23(40-27)25(31)36)33-26(37)20-9-8-16(39-20)12-38-15-6-4-14(28)5-7-15/h4-11,24H,3,12H2,1-2H3,(H2,31,36)(H,33,37). The molecule has 0 atom stereocenters. The van der Waals surface area contributed by atoms with Crippen molar-refractivity contribution in [1.29, 1.82) is 0 Å². The molecule has 40 heavy (non-hydrogen) atoms. The van der Waals surface area contributed by atoms with Crippen LogP contribution in [0.15, 0.2) is 57.6 Å². The summed E-state index contributed by atoms with van der Waals surface area (Å²) in [7, 11) is 0. The highest BCUT2D eigenvalue weighted by Gasteiger charge is 2.27. The van der Waals surface area contributed by atoms with E-state index in [9.17, 15) is 18.4 Å². The number of furan rings is 1.